The van der Waals surface area contributed by atoms with Gasteiger partial charge in [0.05, 0.1) is 18.1 Å². The van der Waals surface area contributed by atoms with Crippen LogP contribution in [0, 0.1) is 30.6 Å². The Labute approximate surface area is 199 Å². The number of carbonyl (C=O) groups excluding carboxylic acids is 3. The largest absolute Gasteiger partial charge is 0.483 e. The van der Waals surface area contributed by atoms with E-state index in [1.807, 2.05) is 43.3 Å². The maximum absolute atomic E-state index is 12.8. The van der Waals surface area contributed by atoms with Crippen LogP contribution >= 0.6 is 15.9 Å². The van der Waals surface area contributed by atoms with E-state index >= 15 is 0 Å². The van der Waals surface area contributed by atoms with Crippen LogP contribution in [-0.2, 0) is 14.4 Å². The minimum absolute atomic E-state index is 0.133. The van der Waals surface area contributed by atoms with E-state index in [-0.39, 0.29) is 48.0 Å². The Bertz CT molecular complexity index is 1160. The number of benzene rings is 2. The Morgan fingerprint density at radius 3 is 2.45 bits per heavy atom. The molecule has 7 nitrogen and oxygen atoms in total. The molecule has 1 N–H and O–H groups in total. The first kappa shape index (κ1) is 21.6. The number of halogens is 1. The quantitative estimate of drug-likeness (QED) is 0.364. The van der Waals surface area contributed by atoms with E-state index in [9.17, 15) is 14.4 Å². The predicted octanol–water partition coefficient (Wildman–Crippen LogP) is 3.92. The first-order valence-corrected chi connectivity index (χ1v) is 11.6. The number of hydrogen-bond acceptors (Lipinski definition) is 5. The van der Waals surface area contributed by atoms with Gasteiger partial charge in [-0.1, -0.05) is 45.8 Å². The molecule has 3 aliphatic rings. The number of nitrogens with one attached hydrogen (secondary N) is 1. The zero-order valence-electron chi connectivity index (χ0n) is 17.9. The molecule has 4 atom stereocenters. The molecule has 1 saturated carbocycles. The molecular formula is C25H22BrN3O4. The summed E-state index contributed by atoms with van der Waals surface area (Å²) in [6.07, 6.45) is 6.40. The molecule has 168 valence electrons. The van der Waals surface area contributed by atoms with Crippen LogP contribution in [0.3, 0.4) is 0 Å². The molecular weight excluding hydrogens is 486 g/mol. The van der Waals surface area contributed by atoms with Gasteiger partial charge in [0, 0.05) is 15.7 Å². The molecule has 1 heterocycles. The van der Waals surface area contributed by atoms with Gasteiger partial charge in [-0.3, -0.25) is 14.4 Å². The second kappa shape index (κ2) is 8.59. The predicted molar refractivity (Wildman–Crippen MR) is 127 cm³/mol. The molecule has 8 heteroatoms. The number of imide groups is 1. The van der Waals surface area contributed by atoms with Gasteiger partial charge >= 0.3 is 0 Å². The molecule has 2 aliphatic carbocycles. The van der Waals surface area contributed by atoms with Crippen molar-refractivity contribution in [2.75, 3.05) is 11.9 Å². The molecule has 5 rings (SSSR count). The summed E-state index contributed by atoms with van der Waals surface area (Å²) in [5.74, 6) is -0.697. The SMILES string of the molecule is Cc1ccc(NC(=O)COc2ccc(Br)cc2C=NN2C(=O)[C@@H]3[C@H](C2=O)[C@H]2C=C[C@H]3C2)cc1. The molecule has 0 unspecified atom stereocenters. The van der Waals surface area contributed by atoms with Gasteiger partial charge in [-0.05, 0) is 55.5 Å². The van der Waals surface area contributed by atoms with E-state index in [0.717, 1.165) is 21.5 Å². The van der Waals surface area contributed by atoms with E-state index in [2.05, 4.69) is 26.3 Å². The fourth-order valence-corrected chi connectivity index (χ4v) is 5.23. The van der Waals surface area contributed by atoms with E-state index in [0.29, 0.717) is 17.0 Å². The molecule has 2 fully saturated rings. The molecule has 0 radical (unpaired) electrons. The van der Waals surface area contributed by atoms with Crippen molar-refractivity contribution in [3.8, 4) is 5.75 Å². The molecule has 1 aliphatic heterocycles. The number of nitrogens with zero attached hydrogens (tertiary/aromatic N) is 2. The van der Waals surface area contributed by atoms with Crippen LogP contribution in [-0.4, -0.2) is 35.6 Å². The number of allylic oxidation sites excluding steroid dienone is 2. The highest BCUT2D eigenvalue weighted by atomic mass is 79.9. The van der Waals surface area contributed by atoms with Crippen molar-refractivity contribution >= 4 is 45.6 Å². The van der Waals surface area contributed by atoms with Crippen molar-refractivity contribution in [1.82, 2.24) is 5.01 Å². The molecule has 2 aromatic rings. The standard InChI is InChI=1S/C25H22BrN3O4/c1-14-2-7-19(8-3-14)28-21(30)13-33-20-9-6-18(26)11-17(20)12-27-29-24(31)22-15-4-5-16(10-15)23(22)25(29)32/h2-9,11-12,15-16,22-23H,10,13H2,1H3,(H,28,30)/t15-,16-,22-,23+/m0/s1. The molecule has 2 bridgehead atoms. The topological polar surface area (TPSA) is 88.1 Å². The average molecular weight is 508 g/mol. The molecule has 33 heavy (non-hydrogen) atoms. The summed E-state index contributed by atoms with van der Waals surface area (Å²) < 4.78 is 6.49. The third kappa shape index (κ3) is 4.11. The highest BCUT2D eigenvalue weighted by molar-refractivity contribution is 9.10. The van der Waals surface area contributed by atoms with Crippen molar-refractivity contribution in [1.29, 1.82) is 0 Å². The fourth-order valence-electron chi connectivity index (χ4n) is 4.85. The van der Waals surface area contributed by atoms with Crippen LogP contribution in [0.1, 0.15) is 17.5 Å². The summed E-state index contributed by atoms with van der Waals surface area (Å²) >= 11 is 3.41. The van der Waals surface area contributed by atoms with Gasteiger partial charge in [0.2, 0.25) is 0 Å². The van der Waals surface area contributed by atoms with Crippen LogP contribution in [0.25, 0.3) is 0 Å². The van der Waals surface area contributed by atoms with Crippen LogP contribution in [0.4, 0.5) is 5.69 Å². The lowest BCUT2D eigenvalue weighted by atomic mass is 9.85. The highest BCUT2D eigenvalue weighted by Gasteiger charge is 2.59. The second-order valence-corrected chi connectivity index (χ2v) is 9.53. The molecule has 0 aromatic heterocycles. The van der Waals surface area contributed by atoms with Crippen LogP contribution in [0.15, 0.2) is 64.2 Å². The van der Waals surface area contributed by atoms with Gasteiger partial charge in [-0.15, -0.1) is 0 Å². The number of ether oxygens (including phenoxy) is 1. The normalized spacial score (nSPS) is 25.2. The summed E-state index contributed by atoms with van der Waals surface area (Å²) in [6.45, 7) is 1.78. The Hall–Kier alpha value is -3.26. The monoisotopic (exact) mass is 507 g/mol. The van der Waals surface area contributed by atoms with Crippen molar-refractivity contribution in [3.05, 3.63) is 70.2 Å². The van der Waals surface area contributed by atoms with Crippen LogP contribution in [0.5, 0.6) is 5.75 Å². The van der Waals surface area contributed by atoms with Crippen molar-refractivity contribution < 1.29 is 19.1 Å². The van der Waals surface area contributed by atoms with Crippen molar-refractivity contribution in [2.24, 2.45) is 28.8 Å². The summed E-state index contributed by atoms with van der Waals surface area (Å²) in [5, 5.41) is 8.00. The number of fused-ring (bicyclic) bond motifs is 5. The Balaban J connectivity index is 1.27. The van der Waals surface area contributed by atoms with E-state index in [1.165, 1.54) is 6.21 Å². The number of hydrogen-bond donors (Lipinski definition) is 1. The lowest BCUT2D eigenvalue weighted by Crippen LogP contribution is -2.28. The minimum atomic E-state index is -0.301. The number of amides is 3. The summed E-state index contributed by atoms with van der Waals surface area (Å²) in [6, 6.07) is 12.7. The number of carbonyl (C=O) groups is 3. The summed E-state index contributed by atoms with van der Waals surface area (Å²) in [4.78, 5) is 38.0. The zero-order valence-corrected chi connectivity index (χ0v) is 19.5. The number of hydrazone groups is 1. The van der Waals surface area contributed by atoms with Crippen molar-refractivity contribution in [2.45, 2.75) is 13.3 Å². The van der Waals surface area contributed by atoms with E-state index in [1.54, 1.807) is 18.2 Å². The maximum atomic E-state index is 12.8. The first-order chi connectivity index (χ1) is 15.9. The van der Waals surface area contributed by atoms with E-state index in [4.69, 9.17) is 4.74 Å². The summed E-state index contributed by atoms with van der Waals surface area (Å²) in [7, 11) is 0. The lowest BCUT2D eigenvalue weighted by molar-refractivity contribution is -0.140. The average Bonchev–Trinajstić information content (AvgIpc) is 3.47. The Morgan fingerprint density at radius 1 is 1.12 bits per heavy atom. The second-order valence-electron chi connectivity index (χ2n) is 8.62. The minimum Gasteiger partial charge on any atom is -0.483 e. The lowest BCUT2D eigenvalue weighted by Gasteiger charge is -2.13. The van der Waals surface area contributed by atoms with Gasteiger partial charge in [-0.2, -0.15) is 10.1 Å². The Morgan fingerprint density at radius 2 is 1.79 bits per heavy atom. The highest BCUT2D eigenvalue weighted by Crippen LogP contribution is 2.52. The van der Waals surface area contributed by atoms with Gasteiger partial charge in [-0.25, -0.2) is 0 Å². The van der Waals surface area contributed by atoms with Gasteiger partial charge in [0.15, 0.2) is 6.61 Å². The first-order valence-electron chi connectivity index (χ1n) is 10.8. The Kier molecular flexibility index (Phi) is 5.62. The number of rotatable bonds is 6. The number of aryl methyl sites for hydroxylation is 1. The third-order valence-corrected chi connectivity index (χ3v) is 6.92. The van der Waals surface area contributed by atoms with Crippen LogP contribution < -0.4 is 10.1 Å². The van der Waals surface area contributed by atoms with Crippen LogP contribution in [0.2, 0.25) is 0 Å². The zero-order chi connectivity index (χ0) is 23.1. The fraction of sp³-hybridized carbons (Fsp3) is 0.280. The molecule has 0 spiro atoms. The van der Waals surface area contributed by atoms with Gasteiger partial charge in [0.25, 0.3) is 17.7 Å². The maximum Gasteiger partial charge on any atom is 0.262 e. The smallest absolute Gasteiger partial charge is 0.262 e. The third-order valence-electron chi connectivity index (χ3n) is 6.43. The van der Waals surface area contributed by atoms with Gasteiger partial charge in [0.1, 0.15) is 5.75 Å². The summed E-state index contributed by atoms with van der Waals surface area (Å²) in [5.41, 5.74) is 2.34. The molecule has 1 saturated heterocycles. The van der Waals surface area contributed by atoms with Crippen molar-refractivity contribution in [3.63, 3.8) is 0 Å². The number of anilines is 1. The molecule has 3 amide bonds. The van der Waals surface area contributed by atoms with E-state index < -0.39 is 0 Å². The van der Waals surface area contributed by atoms with Gasteiger partial charge < -0.3 is 10.1 Å². The molecule has 2 aromatic carbocycles.